The molecule has 0 saturated carbocycles. The second kappa shape index (κ2) is 11.6. The van der Waals surface area contributed by atoms with E-state index in [4.69, 9.17) is 4.74 Å². The van der Waals surface area contributed by atoms with Gasteiger partial charge in [0.25, 0.3) is 0 Å². The summed E-state index contributed by atoms with van der Waals surface area (Å²) in [5.41, 5.74) is 1.43. The summed E-state index contributed by atoms with van der Waals surface area (Å²) in [4.78, 5) is 21.6. The molecule has 11 heteroatoms. The molecule has 0 radical (unpaired) electrons. The number of anilines is 2. The van der Waals surface area contributed by atoms with Crippen molar-refractivity contribution in [2.75, 3.05) is 25.1 Å². The minimum atomic E-state index is -2.24. The third-order valence-corrected chi connectivity index (χ3v) is 6.13. The largest absolute Gasteiger partial charge is 0.477 e. The van der Waals surface area contributed by atoms with Crippen molar-refractivity contribution in [2.24, 2.45) is 10.3 Å². The molecule has 0 aliphatic carbocycles. The quantitative estimate of drug-likeness (QED) is 0.394. The van der Waals surface area contributed by atoms with Gasteiger partial charge in [-0.1, -0.05) is 13.0 Å². The second-order valence-electron chi connectivity index (χ2n) is 6.73. The average Bonchev–Trinajstić information content (AvgIpc) is 3.33. The summed E-state index contributed by atoms with van der Waals surface area (Å²) in [6.07, 6.45) is 0.835. The Labute approximate surface area is 191 Å². The Morgan fingerprint density at radius 2 is 2.09 bits per heavy atom. The lowest BCUT2D eigenvalue weighted by atomic mass is 10.2. The predicted molar refractivity (Wildman–Crippen MR) is 124 cm³/mol. The fourth-order valence-electron chi connectivity index (χ4n) is 2.50. The fraction of sp³-hybridized carbons (Fsp3) is 0.286. The molecule has 1 amide bonds. The molecule has 3 aromatic rings. The molecule has 2 aromatic heterocycles. The van der Waals surface area contributed by atoms with E-state index < -0.39 is 16.7 Å². The van der Waals surface area contributed by atoms with E-state index in [-0.39, 0.29) is 19.1 Å². The molecule has 2 heterocycles. The Bertz CT molecular complexity index is 1110. The molecule has 32 heavy (non-hydrogen) atoms. The van der Waals surface area contributed by atoms with Gasteiger partial charge in [-0.15, -0.1) is 15.7 Å². The van der Waals surface area contributed by atoms with Crippen LogP contribution in [-0.2, 0) is 15.3 Å². The number of nitrogens with zero attached hydrogens (tertiary/aromatic N) is 3. The number of thiol groups is 1. The number of thiophene rings is 1. The van der Waals surface area contributed by atoms with Crippen molar-refractivity contribution in [2.45, 2.75) is 18.7 Å². The van der Waals surface area contributed by atoms with Crippen LogP contribution >= 0.6 is 11.3 Å². The van der Waals surface area contributed by atoms with Gasteiger partial charge in [-0.05, 0) is 42.6 Å². The maximum atomic E-state index is 12.1. The summed E-state index contributed by atoms with van der Waals surface area (Å²) in [5, 5.41) is 14.3. The highest BCUT2D eigenvalue weighted by molar-refractivity contribution is 7.75. The van der Waals surface area contributed by atoms with E-state index >= 15 is 0 Å². The maximum Gasteiger partial charge on any atom is 0.441 e. The van der Waals surface area contributed by atoms with Crippen LogP contribution in [0.25, 0.3) is 10.4 Å². The average molecular weight is 477 g/mol. The van der Waals surface area contributed by atoms with Crippen molar-refractivity contribution in [3.8, 4) is 16.3 Å². The van der Waals surface area contributed by atoms with Crippen LogP contribution < -0.4 is 10.1 Å². The van der Waals surface area contributed by atoms with Crippen LogP contribution in [0.1, 0.15) is 13.8 Å². The van der Waals surface area contributed by atoms with Crippen molar-refractivity contribution in [3.05, 3.63) is 48.0 Å². The number of carbonyl (C=O) groups is 1. The molecule has 1 aromatic carbocycles. The van der Waals surface area contributed by atoms with E-state index in [0.29, 0.717) is 29.0 Å². The van der Waals surface area contributed by atoms with Gasteiger partial charge >= 0.3 is 6.09 Å². The molecule has 1 unspecified atom stereocenters. The molecule has 170 valence electrons. The molecule has 9 nitrogen and oxygen atoms in total. The topological polar surface area (TPSA) is 123 Å². The normalized spacial score (nSPS) is 12.8. The predicted octanol–water partition coefficient (Wildman–Crippen LogP) is 4.14. The smallest absolute Gasteiger partial charge is 0.441 e. The van der Waals surface area contributed by atoms with Gasteiger partial charge in [0, 0.05) is 34.2 Å². The number of hydrogen-bond acceptors (Lipinski definition) is 9. The lowest BCUT2D eigenvalue weighted by Crippen LogP contribution is -2.13. The van der Waals surface area contributed by atoms with E-state index in [1.54, 1.807) is 48.7 Å². The van der Waals surface area contributed by atoms with Gasteiger partial charge in [0.2, 0.25) is 11.8 Å². The van der Waals surface area contributed by atoms with Crippen LogP contribution in [0.5, 0.6) is 5.88 Å². The number of amides is 1. The molecule has 0 bridgehead atoms. The molecular weight excluding hydrogens is 452 g/mol. The lowest BCUT2D eigenvalue weighted by molar-refractivity contribution is 0.164. The first kappa shape index (κ1) is 23.6. The van der Waals surface area contributed by atoms with Crippen LogP contribution in [0.15, 0.2) is 57.2 Å². The number of nitrogens with one attached hydrogen (secondary N) is 1. The van der Waals surface area contributed by atoms with E-state index in [1.165, 1.54) is 0 Å². The zero-order valence-electron chi connectivity index (χ0n) is 17.6. The monoisotopic (exact) mass is 476 g/mol. The van der Waals surface area contributed by atoms with E-state index in [9.17, 15) is 14.1 Å². The first-order valence-electron chi connectivity index (χ1n) is 9.87. The molecule has 0 aliphatic heterocycles. The minimum Gasteiger partial charge on any atom is -0.477 e. The third kappa shape index (κ3) is 6.49. The van der Waals surface area contributed by atoms with Gasteiger partial charge in [-0.3, -0.25) is 0 Å². The highest BCUT2D eigenvalue weighted by Crippen LogP contribution is 2.32. The lowest BCUT2D eigenvalue weighted by Gasteiger charge is -2.14. The number of aliphatic hydroxyl groups excluding tert-OH is 1. The Kier molecular flexibility index (Phi) is 8.54. The number of aliphatic hydroxyl groups is 1. The molecule has 0 saturated heterocycles. The molecule has 0 aliphatic rings. The number of ether oxygens (including phenoxy) is 2. The number of aromatic nitrogens is 2. The number of hydrogen-bond donors (Lipinski definition) is 3. The Morgan fingerprint density at radius 3 is 2.75 bits per heavy atom. The number of benzene rings is 1. The van der Waals surface area contributed by atoms with Gasteiger partial charge in [0.05, 0.1) is 29.4 Å². The van der Waals surface area contributed by atoms with Crippen LogP contribution in [0.2, 0.25) is 0 Å². The van der Waals surface area contributed by atoms with E-state index in [1.807, 2.05) is 24.4 Å². The van der Waals surface area contributed by atoms with Gasteiger partial charge in [0.15, 0.2) is 0 Å². The highest BCUT2D eigenvalue weighted by Gasteiger charge is 2.13. The summed E-state index contributed by atoms with van der Waals surface area (Å²) in [6, 6.07) is 10.5. The summed E-state index contributed by atoms with van der Waals surface area (Å²) >= 11 is 1.55. The van der Waals surface area contributed by atoms with Crippen LogP contribution in [0.3, 0.4) is 0 Å². The zero-order valence-corrected chi connectivity index (χ0v) is 19.3. The van der Waals surface area contributed by atoms with Crippen LogP contribution in [-0.4, -0.2) is 45.2 Å². The molecular formula is C21H24N4O5S2. The number of rotatable bonds is 9. The zero-order chi connectivity index (χ0) is 22.9. The SMILES string of the molecule is CCOC(=O)N=[SH](=O)c1ccc(Nc2ncc(-c3cccs3)c(OC[C@H](C)CO)n2)cc1. The fourth-order valence-corrected chi connectivity index (χ4v) is 3.95. The van der Waals surface area contributed by atoms with Crippen molar-refractivity contribution in [3.63, 3.8) is 0 Å². The molecule has 0 fully saturated rings. The van der Waals surface area contributed by atoms with E-state index in [2.05, 4.69) is 24.4 Å². The Balaban J connectivity index is 1.78. The Hall–Kier alpha value is -3.02. The number of carbonyl (C=O) groups excluding carboxylic acids is 1. The van der Waals surface area contributed by atoms with Gasteiger partial charge < -0.3 is 19.9 Å². The molecule has 2 N–H and O–H groups in total. The molecule has 3 rings (SSSR count). The summed E-state index contributed by atoms with van der Waals surface area (Å²) < 4.78 is 26.2. The first-order chi connectivity index (χ1) is 15.5. The van der Waals surface area contributed by atoms with Crippen molar-refractivity contribution < 1.29 is 23.6 Å². The second-order valence-corrected chi connectivity index (χ2v) is 8.94. The Morgan fingerprint density at radius 1 is 1.31 bits per heavy atom. The third-order valence-electron chi connectivity index (χ3n) is 4.14. The minimum absolute atomic E-state index is 0.0155. The van der Waals surface area contributed by atoms with Crippen molar-refractivity contribution in [1.29, 1.82) is 0 Å². The standard InChI is InChI=1S/C21H24N4O5S2/c1-3-29-21(27)25-32(28)16-8-6-15(7-9-16)23-20-22-11-17(18-5-4-10-31-18)19(24-20)30-13-14(2)12-26/h4-11,14,26,32H,3,12-13H2,1-2H3,(H,22,23,24)/t14-/m1/s1. The van der Waals surface area contributed by atoms with Crippen LogP contribution in [0, 0.1) is 5.92 Å². The highest BCUT2D eigenvalue weighted by atomic mass is 32.2. The van der Waals surface area contributed by atoms with Gasteiger partial charge in [-0.25, -0.2) is 14.0 Å². The summed E-state index contributed by atoms with van der Waals surface area (Å²) in [7, 11) is -2.24. The van der Waals surface area contributed by atoms with Crippen LogP contribution in [0.4, 0.5) is 16.4 Å². The summed E-state index contributed by atoms with van der Waals surface area (Å²) in [5.74, 6) is 0.704. The first-order valence-corrected chi connectivity index (χ1v) is 12.0. The summed E-state index contributed by atoms with van der Waals surface area (Å²) in [6.45, 7) is 4.04. The van der Waals surface area contributed by atoms with E-state index in [0.717, 1.165) is 10.4 Å². The van der Waals surface area contributed by atoms with Crippen molar-refractivity contribution in [1.82, 2.24) is 9.97 Å². The molecule has 0 spiro atoms. The van der Waals surface area contributed by atoms with Crippen molar-refractivity contribution >= 4 is 39.7 Å². The van der Waals surface area contributed by atoms with Gasteiger partial charge in [-0.2, -0.15) is 4.98 Å². The maximum absolute atomic E-state index is 12.1. The van der Waals surface area contributed by atoms with Gasteiger partial charge in [0.1, 0.15) is 0 Å². The molecule has 2 atom stereocenters.